The first kappa shape index (κ1) is 21.3. The number of thioether (sulfide) groups is 1. The Hall–Kier alpha value is -3.59. The van der Waals surface area contributed by atoms with Crippen LogP contribution in [0.1, 0.15) is 29.7 Å². The van der Waals surface area contributed by atoms with Gasteiger partial charge in [-0.1, -0.05) is 30.3 Å². The SMILES string of the molecule is O=C(CSCc1ccccc1)Nc1cc(-c2ccco2)nn1-c1nc2c(c(=O)[nH]1)CCCC2. The average Bonchev–Trinajstić information content (AvgIpc) is 3.50. The van der Waals surface area contributed by atoms with E-state index in [2.05, 4.69) is 20.4 Å². The number of H-pyrrole nitrogens is 1. The maximum atomic E-state index is 12.7. The largest absolute Gasteiger partial charge is 0.463 e. The van der Waals surface area contributed by atoms with Crippen LogP contribution in [0.15, 0.2) is 64.0 Å². The predicted octanol–water partition coefficient (Wildman–Crippen LogP) is 3.97. The van der Waals surface area contributed by atoms with E-state index in [1.54, 1.807) is 24.5 Å². The topological polar surface area (TPSA) is 106 Å². The van der Waals surface area contributed by atoms with Crippen LogP contribution < -0.4 is 10.9 Å². The van der Waals surface area contributed by atoms with Crippen LogP contribution in [-0.2, 0) is 23.4 Å². The number of benzene rings is 1. The van der Waals surface area contributed by atoms with Crippen molar-refractivity contribution in [1.82, 2.24) is 19.7 Å². The van der Waals surface area contributed by atoms with Crippen LogP contribution in [0.2, 0.25) is 0 Å². The lowest BCUT2D eigenvalue weighted by atomic mass is 9.97. The first-order chi connectivity index (χ1) is 16.2. The summed E-state index contributed by atoms with van der Waals surface area (Å²) >= 11 is 1.53. The first-order valence-electron chi connectivity index (χ1n) is 10.9. The molecule has 0 atom stereocenters. The van der Waals surface area contributed by atoms with Crippen LogP contribution in [0, 0.1) is 0 Å². The Bertz CT molecular complexity index is 1310. The van der Waals surface area contributed by atoms with Crippen molar-refractivity contribution in [2.45, 2.75) is 31.4 Å². The molecule has 0 aliphatic heterocycles. The van der Waals surface area contributed by atoms with E-state index in [4.69, 9.17) is 4.42 Å². The zero-order chi connectivity index (χ0) is 22.6. The quantitative estimate of drug-likeness (QED) is 0.431. The van der Waals surface area contributed by atoms with Crippen LogP contribution in [0.3, 0.4) is 0 Å². The molecule has 5 rings (SSSR count). The van der Waals surface area contributed by atoms with Gasteiger partial charge >= 0.3 is 0 Å². The summed E-state index contributed by atoms with van der Waals surface area (Å²) in [6.45, 7) is 0. The summed E-state index contributed by atoms with van der Waals surface area (Å²) in [6.07, 6.45) is 5.05. The minimum Gasteiger partial charge on any atom is -0.463 e. The van der Waals surface area contributed by atoms with Crippen LogP contribution in [-0.4, -0.2) is 31.4 Å². The van der Waals surface area contributed by atoms with Gasteiger partial charge in [-0.25, -0.2) is 4.98 Å². The molecule has 0 radical (unpaired) electrons. The summed E-state index contributed by atoms with van der Waals surface area (Å²) in [5.41, 5.74) is 3.08. The number of nitrogens with one attached hydrogen (secondary N) is 2. The third-order valence-electron chi connectivity index (χ3n) is 5.47. The van der Waals surface area contributed by atoms with Gasteiger partial charge in [0.25, 0.3) is 5.56 Å². The highest BCUT2D eigenvalue weighted by Gasteiger charge is 2.20. The molecular formula is C24H23N5O3S. The number of nitrogens with zero attached hydrogens (tertiary/aromatic N) is 3. The monoisotopic (exact) mass is 461 g/mol. The van der Waals surface area contributed by atoms with Crippen molar-refractivity contribution < 1.29 is 9.21 Å². The van der Waals surface area contributed by atoms with Crippen LogP contribution in [0.25, 0.3) is 17.4 Å². The minimum absolute atomic E-state index is 0.152. The Morgan fingerprint density at radius 2 is 2.00 bits per heavy atom. The lowest BCUT2D eigenvalue weighted by Gasteiger charge is -2.15. The van der Waals surface area contributed by atoms with Crippen molar-refractivity contribution >= 4 is 23.5 Å². The molecular weight excluding hydrogens is 438 g/mol. The van der Waals surface area contributed by atoms with Crippen molar-refractivity contribution in [2.24, 2.45) is 0 Å². The fraction of sp³-hybridized carbons (Fsp3) is 0.250. The summed E-state index contributed by atoms with van der Waals surface area (Å²) in [4.78, 5) is 32.9. The van der Waals surface area contributed by atoms with Gasteiger partial charge in [0, 0.05) is 17.4 Å². The Kier molecular flexibility index (Phi) is 6.12. The molecule has 3 aromatic heterocycles. The molecule has 2 N–H and O–H groups in total. The van der Waals surface area contributed by atoms with Gasteiger partial charge < -0.3 is 9.73 Å². The van der Waals surface area contributed by atoms with Crippen molar-refractivity contribution in [3.63, 3.8) is 0 Å². The van der Waals surface area contributed by atoms with Gasteiger partial charge in [-0.15, -0.1) is 11.8 Å². The number of furan rings is 1. The Morgan fingerprint density at radius 3 is 2.82 bits per heavy atom. The van der Waals surface area contributed by atoms with E-state index in [1.807, 2.05) is 30.3 Å². The molecule has 0 saturated carbocycles. The Labute approximate surface area is 194 Å². The molecule has 4 aromatic rings. The second kappa shape index (κ2) is 9.50. The molecule has 1 aliphatic rings. The van der Waals surface area contributed by atoms with E-state index in [-0.39, 0.29) is 23.2 Å². The molecule has 0 bridgehead atoms. The normalized spacial score (nSPS) is 13.0. The third kappa shape index (κ3) is 4.78. The van der Waals surface area contributed by atoms with Crippen LogP contribution in [0.4, 0.5) is 5.82 Å². The van der Waals surface area contributed by atoms with E-state index >= 15 is 0 Å². The van der Waals surface area contributed by atoms with Gasteiger partial charge in [0.1, 0.15) is 11.5 Å². The van der Waals surface area contributed by atoms with Crippen LogP contribution in [0.5, 0.6) is 0 Å². The predicted molar refractivity (Wildman–Crippen MR) is 128 cm³/mol. The highest BCUT2D eigenvalue weighted by molar-refractivity contribution is 7.99. The first-order valence-corrected chi connectivity index (χ1v) is 12.0. The van der Waals surface area contributed by atoms with Gasteiger partial charge in [-0.2, -0.15) is 9.78 Å². The van der Waals surface area contributed by atoms with Crippen molar-refractivity contribution in [2.75, 3.05) is 11.1 Å². The second-order valence-electron chi connectivity index (χ2n) is 7.85. The molecule has 1 amide bonds. The molecule has 1 aliphatic carbocycles. The molecule has 1 aromatic carbocycles. The maximum Gasteiger partial charge on any atom is 0.255 e. The molecule has 0 unspecified atom stereocenters. The van der Waals surface area contributed by atoms with E-state index < -0.39 is 0 Å². The summed E-state index contributed by atoms with van der Waals surface area (Å²) in [7, 11) is 0. The van der Waals surface area contributed by atoms with Gasteiger partial charge in [0.15, 0.2) is 5.76 Å². The van der Waals surface area contributed by atoms with Crippen molar-refractivity contribution in [3.8, 4) is 17.4 Å². The zero-order valence-corrected chi connectivity index (χ0v) is 18.7. The summed E-state index contributed by atoms with van der Waals surface area (Å²) in [6, 6.07) is 15.3. The van der Waals surface area contributed by atoms with E-state index in [1.165, 1.54) is 16.4 Å². The summed E-state index contributed by atoms with van der Waals surface area (Å²) in [5.74, 6) is 2.12. The molecule has 0 saturated heterocycles. The number of fused-ring (bicyclic) bond motifs is 1. The van der Waals surface area contributed by atoms with Gasteiger partial charge in [-0.3, -0.25) is 14.6 Å². The van der Waals surface area contributed by atoms with Crippen LogP contribution >= 0.6 is 11.8 Å². The number of aryl methyl sites for hydroxylation is 1. The van der Waals surface area contributed by atoms with Gasteiger partial charge in [-0.05, 0) is 43.4 Å². The zero-order valence-electron chi connectivity index (χ0n) is 17.9. The lowest BCUT2D eigenvalue weighted by Crippen LogP contribution is -2.25. The number of carbonyl (C=O) groups excluding carboxylic acids is 1. The molecule has 9 heteroatoms. The minimum atomic E-state index is -0.164. The smallest absolute Gasteiger partial charge is 0.255 e. The lowest BCUT2D eigenvalue weighted by molar-refractivity contribution is -0.113. The van der Waals surface area contributed by atoms with E-state index in [9.17, 15) is 9.59 Å². The van der Waals surface area contributed by atoms with Crippen molar-refractivity contribution in [3.05, 3.63) is 82.0 Å². The van der Waals surface area contributed by atoms with E-state index in [0.29, 0.717) is 17.3 Å². The number of carbonyl (C=O) groups is 1. The highest BCUT2D eigenvalue weighted by atomic mass is 32.2. The number of aromatic amines is 1. The molecule has 33 heavy (non-hydrogen) atoms. The highest BCUT2D eigenvalue weighted by Crippen LogP contribution is 2.25. The van der Waals surface area contributed by atoms with E-state index in [0.717, 1.165) is 48.3 Å². The number of hydrogen-bond acceptors (Lipinski definition) is 6. The summed E-state index contributed by atoms with van der Waals surface area (Å²) in [5, 5.41) is 7.48. The number of aromatic nitrogens is 4. The number of hydrogen-bond donors (Lipinski definition) is 2. The van der Waals surface area contributed by atoms with Gasteiger partial charge in [0.2, 0.25) is 11.9 Å². The number of rotatable bonds is 7. The Balaban J connectivity index is 1.40. The maximum absolute atomic E-state index is 12.7. The molecule has 8 nitrogen and oxygen atoms in total. The Morgan fingerprint density at radius 1 is 1.15 bits per heavy atom. The number of amides is 1. The fourth-order valence-corrected chi connectivity index (χ4v) is 4.67. The molecule has 168 valence electrons. The molecule has 3 heterocycles. The average molecular weight is 462 g/mol. The van der Waals surface area contributed by atoms with Gasteiger partial charge in [0.05, 0.1) is 17.7 Å². The fourth-order valence-electron chi connectivity index (χ4n) is 3.88. The standard InChI is InChI=1S/C24H23N5O3S/c30-22(15-33-14-16-7-2-1-3-8-16)26-21-13-19(20-11-6-12-32-20)28-29(21)24-25-18-10-5-4-9-17(18)23(31)27-24/h1-3,6-8,11-13H,4-5,9-10,14-15H2,(H,26,30)(H,25,27,31). The number of anilines is 1. The second-order valence-corrected chi connectivity index (χ2v) is 8.84. The third-order valence-corrected chi connectivity index (χ3v) is 6.48. The summed E-state index contributed by atoms with van der Waals surface area (Å²) < 4.78 is 6.94. The molecule has 0 spiro atoms. The van der Waals surface area contributed by atoms with Crippen molar-refractivity contribution in [1.29, 1.82) is 0 Å². The molecule has 0 fully saturated rings.